The van der Waals surface area contributed by atoms with E-state index >= 15 is 0 Å². The fraction of sp³-hybridized carbons (Fsp3) is 0.600. The predicted molar refractivity (Wildman–Crippen MR) is 125 cm³/mol. The minimum absolute atomic E-state index is 0.323. The Labute approximate surface area is 180 Å². The topological polar surface area (TPSA) is 50.2 Å². The smallest absolute Gasteiger partial charge is 0.303 e. The Morgan fingerprint density at radius 1 is 0.862 bits per heavy atom. The van der Waals surface area contributed by atoms with Crippen molar-refractivity contribution in [1.29, 1.82) is 0 Å². The number of thiazole rings is 1. The lowest BCUT2D eigenvalue weighted by Crippen LogP contribution is -1.93. The lowest BCUT2D eigenvalue weighted by atomic mass is 10.0. The molecule has 0 radical (unpaired) electrons. The summed E-state index contributed by atoms with van der Waals surface area (Å²) >= 11 is 1.73. The highest BCUT2D eigenvalue weighted by atomic mass is 32.1. The van der Waals surface area contributed by atoms with Crippen LogP contribution in [-0.4, -0.2) is 16.1 Å². The van der Waals surface area contributed by atoms with Gasteiger partial charge in [-0.2, -0.15) is 0 Å². The van der Waals surface area contributed by atoms with Crippen molar-refractivity contribution >= 4 is 27.5 Å². The average Bonchev–Trinajstić information content (AvgIpc) is 3.18. The third-order valence-corrected chi connectivity index (χ3v) is 6.20. The van der Waals surface area contributed by atoms with Crippen molar-refractivity contribution in [2.45, 2.75) is 96.3 Å². The molecule has 1 N–H and O–H groups in total. The number of benzene rings is 1. The van der Waals surface area contributed by atoms with Crippen LogP contribution in [0.2, 0.25) is 0 Å². The number of carboxylic acid groups (broad SMARTS) is 1. The van der Waals surface area contributed by atoms with E-state index in [0.29, 0.717) is 6.42 Å². The molecule has 0 bridgehead atoms. The SMILES string of the molecule is O=C(O)CCCCCCC/C=C\CCCCCCCCc1ccc2ncsc2c1. The van der Waals surface area contributed by atoms with Crippen LogP contribution in [0.25, 0.3) is 10.2 Å². The fourth-order valence-electron chi connectivity index (χ4n) is 3.66. The molecule has 0 atom stereocenters. The molecule has 1 aromatic carbocycles. The number of nitrogens with zero attached hydrogens (tertiary/aromatic N) is 1. The van der Waals surface area contributed by atoms with E-state index in [1.54, 1.807) is 11.3 Å². The van der Waals surface area contributed by atoms with Crippen LogP contribution in [0, 0.1) is 0 Å². The Bertz CT molecular complexity index is 722. The Hall–Kier alpha value is -1.68. The molecule has 0 unspecified atom stereocenters. The minimum Gasteiger partial charge on any atom is -0.481 e. The first kappa shape index (κ1) is 23.6. The number of aliphatic carboxylic acids is 1. The maximum absolute atomic E-state index is 10.4. The number of carboxylic acids is 1. The Morgan fingerprint density at radius 2 is 1.48 bits per heavy atom. The summed E-state index contributed by atoms with van der Waals surface area (Å²) < 4.78 is 1.31. The quantitative estimate of drug-likeness (QED) is 0.211. The van der Waals surface area contributed by atoms with Crippen LogP contribution < -0.4 is 0 Å². The number of fused-ring (bicyclic) bond motifs is 1. The van der Waals surface area contributed by atoms with Crippen molar-refractivity contribution in [3.63, 3.8) is 0 Å². The van der Waals surface area contributed by atoms with Gasteiger partial charge >= 0.3 is 5.97 Å². The van der Waals surface area contributed by atoms with Crippen LogP contribution in [0.4, 0.5) is 0 Å². The van der Waals surface area contributed by atoms with Crippen LogP contribution in [0.3, 0.4) is 0 Å². The Balaban J connectivity index is 1.33. The second kappa shape index (κ2) is 15.2. The van der Waals surface area contributed by atoms with Gasteiger partial charge in [-0.25, -0.2) is 4.98 Å². The summed E-state index contributed by atoms with van der Waals surface area (Å²) in [4.78, 5) is 14.8. The minimum atomic E-state index is -0.669. The lowest BCUT2D eigenvalue weighted by Gasteiger charge is -2.02. The molecule has 2 aromatic rings. The van der Waals surface area contributed by atoms with Gasteiger partial charge in [0.05, 0.1) is 15.7 Å². The number of hydrogen-bond donors (Lipinski definition) is 1. The summed E-state index contributed by atoms with van der Waals surface area (Å²) in [6.45, 7) is 0. The summed E-state index contributed by atoms with van der Waals surface area (Å²) in [5.41, 5.74) is 4.50. The van der Waals surface area contributed by atoms with Crippen molar-refractivity contribution in [2.75, 3.05) is 0 Å². The van der Waals surface area contributed by atoms with Crippen molar-refractivity contribution in [3.05, 3.63) is 41.4 Å². The third kappa shape index (κ3) is 11.2. The number of aromatic nitrogens is 1. The zero-order chi connectivity index (χ0) is 20.6. The van der Waals surface area contributed by atoms with Crippen LogP contribution in [0.5, 0.6) is 0 Å². The molecule has 0 aliphatic heterocycles. The molecule has 0 aliphatic rings. The third-order valence-electron chi connectivity index (χ3n) is 5.41. The highest BCUT2D eigenvalue weighted by Crippen LogP contribution is 2.20. The van der Waals surface area contributed by atoms with Crippen LogP contribution in [0.1, 0.15) is 95.5 Å². The molecular formula is C25H37NO2S. The van der Waals surface area contributed by atoms with Crippen LogP contribution in [-0.2, 0) is 11.2 Å². The van der Waals surface area contributed by atoms with Gasteiger partial charge in [-0.15, -0.1) is 11.3 Å². The standard InChI is InChI=1S/C25H37NO2S/c27-25(28)17-15-13-11-9-7-5-3-1-2-4-6-8-10-12-14-16-22-18-19-23-24(20-22)29-21-26-23/h1,3,18-21H,2,4-17H2,(H,27,28)/b3-1-. The number of rotatable bonds is 17. The molecule has 1 heterocycles. The van der Waals surface area contributed by atoms with Gasteiger partial charge in [-0.1, -0.05) is 63.2 Å². The van der Waals surface area contributed by atoms with Crippen LogP contribution >= 0.6 is 11.3 Å². The molecule has 3 nitrogen and oxygen atoms in total. The fourth-order valence-corrected chi connectivity index (χ4v) is 4.40. The zero-order valence-electron chi connectivity index (χ0n) is 17.8. The number of hydrogen-bond acceptors (Lipinski definition) is 3. The first-order valence-corrected chi connectivity index (χ1v) is 12.3. The zero-order valence-corrected chi connectivity index (χ0v) is 18.6. The first-order valence-electron chi connectivity index (χ1n) is 11.4. The Morgan fingerprint density at radius 3 is 2.17 bits per heavy atom. The molecule has 0 saturated heterocycles. The van der Waals surface area contributed by atoms with Gasteiger partial charge in [0.15, 0.2) is 0 Å². The van der Waals surface area contributed by atoms with Gasteiger partial charge in [0.1, 0.15) is 0 Å². The number of allylic oxidation sites excluding steroid dienone is 2. The normalized spacial score (nSPS) is 11.6. The van der Waals surface area contributed by atoms with E-state index in [4.69, 9.17) is 5.11 Å². The largest absolute Gasteiger partial charge is 0.481 e. The molecule has 0 amide bonds. The summed E-state index contributed by atoms with van der Waals surface area (Å²) in [6, 6.07) is 6.68. The molecular weight excluding hydrogens is 378 g/mol. The van der Waals surface area contributed by atoms with Gasteiger partial charge in [0.25, 0.3) is 0 Å². The molecule has 4 heteroatoms. The molecule has 1 aromatic heterocycles. The van der Waals surface area contributed by atoms with E-state index in [1.807, 2.05) is 5.51 Å². The molecule has 0 aliphatic carbocycles. The summed E-state index contributed by atoms with van der Waals surface area (Å²) in [6.07, 6.45) is 22.1. The summed E-state index contributed by atoms with van der Waals surface area (Å²) in [5, 5.41) is 8.58. The second-order valence-electron chi connectivity index (χ2n) is 7.99. The van der Waals surface area contributed by atoms with E-state index in [9.17, 15) is 4.79 Å². The number of unbranched alkanes of at least 4 members (excludes halogenated alkanes) is 11. The Kier molecular flexibility index (Phi) is 12.4. The maximum atomic E-state index is 10.4. The highest BCUT2D eigenvalue weighted by molar-refractivity contribution is 7.16. The van der Waals surface area contributed by atoms with Gasteiger partial charge in [-0.05, 0) is 62.6 Å². The van der Waals surface area contributed by atoms with Gasteiger partial charge in [0.2, 0.25) is 0 Å². The van der Waals surface area contributed by atoms with Gasteiger partial charge in [-0.3, -0.25) is 4.79 Å². The van der Waals surface area contributed by atoms with Gasteiger partial charge < -0.3 is 5.11 Å². The van der Waals surface area contributed by atoms with E-state index in [2.05, 4.69) is 35.3 Å². The molecule has 160 valence electrons. The van der Waals surface area contributed by atoms with Crippen molar-refractivity contribution < 1.29 is 9.90 Å². The van der Waals surface area contributed by atoms with E-state index in [1.165, 1.54) is 87.3 Å². The number of aryl methyl sites for hydroxylation is 1. The molecule has 29 heavy (non-hydrogen) atoms. The van der Waals surface area contributed by atoms with Gasteiger partial charge in [0, 0.05) is 6.42 Å². The second-order valence-corrected chi connectivity index (χ2v) is 8.87. The average molecular weight is 416 g/mol. The number of carbonyl (C=O) groups is 1. The van der Waals surface area contributed by atoms with E-state index < -0.39 is 5.97 Å². The maximum Gasteiger partial charge on any atom is 0.303 e. The highest BCUT2D eigenvalue weighted by Gasteiger charge is 1.99. The van der Waals surface area contributed by atoms with Crippen LogP contribution in [0.15, 0.2) is 35.9 Å². The van der Waals surface area contributed by atoms with Crippen molar-refractivity contribution in [2.24, 2.45) is 0 Å². The molecule has 0 fully saturated rings. The lowest BCUT2D eigenvalue weighted by molar-refractivity contribution is -0.137. The van der Waals surface area contributed by atoms with Crippen molar-refractivity contribution in [3.8, 4) is 0 Å². The summed E-state index contributed by atoms with van der Waals surface area (Å²) in [7, 11) is 0. The molecule has 0 spiro atoms. The van der Waals surface area contributed by atoms with Crippen molar-refractivity contribution in [1.82, 2.24) is 4.98 Å². The predicted octanol–water partition coefficient (Wildman–Crippen LogP) is 7.94. The van der Waals surface area contributed by atoms with E-state index in [-0.39, 0.29) is 0 Å². The first-order chi connectivity index (χ1) is 14.3. The van der Waals surface area contributed by atoms with E-state index in [0.717, 1.165) is 18.4 Å². The summed E-state index contributed by atoms with van der Waals surface area (Å²) in [5.74, 6) is -0.669. The monoisotopic (exact) mass is 415 g/mol. The molecule has 0 saturated carbocycles. The molecule has 2 rings (SSSR count).